The molecule has 0 fully saturated rings. The maximum absolute atomic E-state index is 12.2. The van der Waals surface area contributed by atoms with E-state index < -0.39 is 47.0 Å². The van der Waals surface area contributed by atoms with Gasteiger partial charge >= 0.3 is 161 Å². The van der Waals surface area contributed by atoms with Crippen LogP contribution in [0.3, 0.4) is 0 Å². The summed E-state index contributed by atoms with van der Waals surface area (Å²) in [5, 5.41) is 0. The molecule has 0 aromatic heterocycles. The van der Waals surface area contributed by atoms with Crippen LogP contribution >= 0.6 is 0 Å². The maximum atomic E-state index is 12.2. The third-order valence-corrected chi connectivity index (χ3v) is 25.9. The molecule has 5 rings (SSSR count). The third-order valence-electron chi connectivity index (χ3n) is 6.30. The Morgan fingerprint density at radius 1 is 0.487 bits per heavy atom. The van der Waals surface area contributed by atoms with E-state index in [-0.39, 0.29) is 0 Å². The number of hydrogen-bond donors (Lipinski definition) is 1. The van der Waals surface area contributed by atoms with Crippen molar-refractivity contribution in [2.45, 2.75) is 11.1 Å². The fraction of sp³-hybridized carbons (Fsp3) is 0.0323. The standard InChI is InChI=1S/C7H5F3O3S.4C6H5.Bi.H/c8-7(9,10)5-3-1-2-4-6(5)14(11,12)13;4*1-2-4-6-5-3-1;;/h1-4H,(H,11,12,13);4*1-5H;;. The van der Waals surface area contributed by atoms with Gasteiger partial charge in [-0.05, 0) is 12.1 Å². The molecule has 3 nitrogen and oxygen atoms in total. The molecule has 0 saturated carbocycles. The molecule has 0 amide bonds. The Morgan fingerprint density at radius 3 is 1.03 bits per heavy atom. The quantitative estimate of drug-likeness (QED) is 0.209. The molecule has 0 radical (unpaired) electrons. The van der Waals surface area contributed by atoms with Crippen molar-refractivity contribution < 1.29 is 26.1 Å². The van der Waals surface area contributed by atoms with Crippen molar-refractivity contribution in [1.82, 2.24) is 0 Å². The minimum absolute atomic E-state index is 0.586. The Labute approximate surface area is 230 Å². The van der Waals surface area contributed by atoms with Gasteiger partial charge in [-0.25, -0.2) is 0 Å². The van der Waals surface area contributed by atoms with Gasteiger partial charge in [-0.3, -0.25) is 4.55 Å². The van der Waals surface area contributed by atoms with Crippen LogP contribution in [0.5, 0.6) is 0 Å². The molecule has 0 atom stereocenters. The Morgan fingerprint density at radius 2 is 0.769 bits per heavy atom. The molecule has 39 heavy (non-hydrogen) atoms. The Hall–Kier alpha value is -3.32. The molecule has 0 aliphatic carbocycles. The summed E-state index contributed by atoms with van der Waals surface area (Å²) in [6.07, 6.45) is -4.80. The van der Waals surface area contributed by atoms with E-state index in [1.807, 2.05) is 0 Å². The first-order valence-corrected chi connectivity index (χ1v) is 21.2. The monoisotopic (exact) mass is 744 g/mol. The number of rotatable bonds is 5. The summed E-state index contributed by atoms with van der Waals surface area (Å²) in [5.41, 5.74) is -1.37. The van der Waals surface area contributed by atoms with Crippen molar-refractivity contribution in [2.24, 2.45) is 0 Å². The fourth-order valence-electron chi connectivity index (χ4n) is 4.68. The fourth-order valence-corrected chi connectivity index (χ4v) is 23.9. The van der Waals surface area contributed by atoms with Crippen molar-refractivity contribution in [3.63, 3.8) is 0 Å². The minimum atomic E-state index is -4.84. The van der Waals surface area contributed by atoms with Crippen LogP contribution in [0.15, 0.2) is 150 Å². The van der Waals surface area contributed by atoms with E-state index in [9.17, 15) is 21.6 Å². The number of alkyl halides is 3. The summed E-state index contributed by atoms with van der Waals surface area (Å²) in [6.45, 7) is 0. The molecule has 5 aromatic rings. The van der Waals surface area contributed by atoms with Crippen molar-refractivity contribution in [3.8, 4) is 0 Å². The van der Waals surface area contributed by atoms with E-state index in [0.717, 1.165) is 12.1 Å². The molecule has 8 heteroatoms. The van der Waals surface area contributed by atoms with Crippen LogP contribution in [0.25, 0.3) is 0 Å². The molecule has 0 unspecified atom stereocenters. The normalized spacial score (nSPS) is 12.2. The zero-order valence-electron chi connectivity index (χ0n) is 20.7. The van der Waals surface area contributed by atoms with Gasteiger partial charge in [0.25, 0.3) is 10.1 Å². The van der Waals surface area contributed by atoms with Crippen LogP contribution in [0.2, 0.25) is 0 Å². The van der Waals surface area contributed by atoms with Gasteiger partial charge in [-0.1, -0.05) is 12.1 Å². The third kappa shape index (κ3) is 6.47. The number of halogens is 3. The summed E-state index contributed by atoms with van der Waals surface area (Å²) in [4.78, 5) is -1.13. The SMILES string of the molecule is O=S(=O)(O)c1ccccc1C(F)(F)F.c1cc[c]([BiH]([c]2ccccc2)([c]2ccccc2)[c]2ccccc2)cc1. The molecular formula is C31H26BiF3O3S. The van der Waals surface area contributed by atoms with Crippen LogP contribution in [0.1, 0.15) is 5.56 Å². The first-order valence-electron chi connectivity index (χ1n) is 12.0. The van der Waals surface area contributed by atoms with Crippen molar-refractivity contribution in [1.29, 1.82) is 0 Å². The van der Waals surface area contributed by atoms with E-state index in [1.165, 1.54) is 13.1 Å². The van der Waals surface area contributed by atoms with Gasteiger partial charge in [0, 0.05) is 0 Å². The molecule has 0 saturated heterocycles. The van der Waals surface area contributed by atoms with Gasteiger partial charge in [-0.15, -0.1) is 0 Å². The van der Waals surface area contributed by atoms with Gasteiger partial charge in [0.05, 0.1) is 5.56 Å². The van der Waals surface area contributed by atoms with Crippen molar-refractivity contribution in [2.75, 3.05) is 0 Å². The Bertz CT molecular complexity index is 1430. The van der Waals surface area contributed by atoms with Crippen LogP contribution in [0, 0.1) is 0 Å². The van der Waals surface area contributed by atoms with E-state index in [0.29, 0.717) is 12.1 Å². The second kappa shape index (κ2) is 12.2. The molecule has 0 heterocycles. The van der Waals surface area contributed by atoms with Crippen molar-refractivity contribution >= 4 is 43.5 Å². The van der Waals surface area contributed by atoms with E-state index in [4.69, 9.17) is 4.55 Å². The van der Waals surface area contributed by atoms with Crippen LogP contribution < -0.4 is 13.1 Å². The molecule has 0 aliphatic rings. The first kappa shape index (κ1) is 28.7. The van der Waals surface area contributed by atoms with Crippen LogP contribution in [-0.4, -0.2) is 33.2 Å². The molecule has 200 valence electrons. The van der Waals surface area contributed by atoms with E-state index in [2.05, 4.69) is 121 Å². The summed E-state index contributed by atoms with van der Waals surface area (Å²) in [6, 6.07) is 47.9. The topological polar surface area (TPSA) is 54.4 Å². The van der Waals surface area contributed by atoms with Gasteiger partial charge in [0.15, 0.2) is 0 Å². The average Bonchev–Trinajstić information content (AvgIpc) is 2.95. The van der Waals surface area contributed by atoms with Gasteiger partial charge in [0.1, 0.15) is 4.90 Å². The molecule has 0 aliphatic heterocycles. The predicted octanol–water partition coefficient (Wildman–Crippen LogP) is 4.75. The second-order valence-corrected chi connectivity index (χ2v) is 24.9. The average molecular weight is 745 g/mol. The van der Waals surface area contributed by atoms with Crippen molar-refractivity contribution in [3.05, 3.63) is 151 Å². The summed E-state index contributed by atoms with van der Waals surface area (Å²) < 4.78 is 72.2. The number of benzene rings is 5. The molecular weight excluding hydrogens is 718 g/mol. The number of hydrogen-bond acceptors (Lipinski definition) is 2. The Balaban J connectivity index is 0.000000215. The molecule has 5 aromatic carbocycles. The van der Waals surface area contributed by atoms with Crippen LogP contribution in [0.4, 0.5) is 13.2 Å². The predicted molar refractivity (Wildman–Crippen MR) is 153 cm³/mol. The molecule has 0 spiro atoms. The first-order chi connectivity index (χ1) is 18.6. The Kier molecular flexibility index (Phi) is 9.01. The molecule has 1 N–H and O–H groups in total. The van der Waals surface area contributed by atoms with Crippen LogP contribution in [-0.2, 0) is 16.3 Å². The zero-order valence-corrected chi connectivity index (χ0v) is 25.4. The van der Waals surface area contributed by atoms with Gasteiger partial charge in [-0.2, -0.15) is 21.6 Å². The van der Waals surface area contributed by atoms with E-state index in [1.54, 1.807) is 0 Å². The zero-order chi connectivity index (χ0) is 27.9. The van der Waals surface area contributed by atoms with E-state index >= 15 is 0 Å². The summed E-state index contributed by atoms with van der Waals surface area (Å²) in [5.74, 6) is 0. The molecule has 0 bridgehead atoms. The summed E-state index contributed by atoms with van der Waals surface area (Å²) >= 11 is -3.48. The van der Waals surface area contributed by atoms with Gasteiger partial charge < -0.3 is 0 Å². The van der Waals surface area contributed by atoms with Gasteiger partial charge in [0.2, 0.25) is 0 Å². The second-order valence-electron chi connectivity index (χ2n) is 8.68. The summed E-state index contributed by atoms with van der Waals surface area (Å²) in [7, 11) is -4.84.